The summed E-state index contributed by atoms with van der Waals surface area (Å²) in [5.74, 6) is 1.10. The van der Waals surface area contributed by atoms with Gasteiger partial charge in [-0.15, -0.1) is 0 Å². The Hall–Kier alpha value is -1.21. The Morgan fingerprint density at radius 2 is 2.10 bits per heavy atom. The van der Waals surface area contributed by atoms with Crippen molar-refractivity contribution in [1.82, 2.24) is 19.6 Å². The Bertz CT molecular complexity index is 493. The van der Waals surface area contributed by atoms with Crippen molar-refractivity contribution in [2.75, 3.05) is 31.1 Å². The second-order valence-corrected chi connectivity index (χ2v) is 6.56. The van der Waals surface area contributed by atoms with Crippen LogP contribution in [0.2, 0.25) is 0 Å². The van der Waals surface area contributed by atoms with Crippen LogP contribution in [0.5, 0.6) is 0 Å². The summed E-state index contributed by atoms with van der Waals surface area (Å²) in [5.41, 5.74) is 0. The van der Waals surface area contributed by atoms with Crippen molar-refractivity contribution >= 4 is 22.6 Å². The van der Waals surface area contributed by atoms with E-state index in [0.29, 0.717) is 6.04 Å². The summed E-state index contributed by atoms with van der Waals surface area (Å²) < 4.78 is 4.34. The van der Waals surface area contributed by atoms with Crippen LogP contribution < -0.4 is 10.2 Å². The molecule has 2 fully saturated rings. The molecule has 1 unspecified atom stereocenters. The van der Waals surface area contributed by atoms with Crippen LogP contribution in [0, 0.1) is 0 Å². The Labute approximate surface area is 129 Å². The molecular formula is C14H23N5OS. The molecule has 3 rings (SSSR count). The zero-order chi connectivity index (χ0) is 14.8. The van der Waals surface area contributed by atoms with Crippen LogP contribution in [0.3, 0.4) is 0 Å². The van der Waals surface area contributed by atoms with E-state index in [2.05, 4.69) is 31.4 Å². The molecule has 1 atom stereocenters. The van der Waals surface area contributed by atoms with Crippen LogP contribution in [0.15, 0.2) is 0 Å². The van der Waals surface area contributed by atoms with Crippen molar-refractivity contribution < 1.29 is 4.79 Å². The lowest BCUT2D eigenvalue weighted by molar-refractivity contribution is -0.126. The van der Waals surface area contributed by atoms with Gasteiger partial charge in [0, 0.05) is 50.2 Å². The zero-order valence-electron chi connectivity index (χ0n) is 12.7. The average Bonchev–Trinajstić information content (AvgIpc) is 3.19. The van der Waals surface area contributed by atoms with Gasteiger partial charge in [-0.25, -0.2) is 4.98 Å². The smallest absolute Gasteiger partial charge is 0.237 e. The van der Waals surface area contributed by atoms with Crippen LogP contribution in [-0.4, -0.2) is 58.4 Å². The summed E-state index contributed by atoms with van der Waals surface area (Å²) in [7, 11) is 0. The topological polar surface area (TPSA) is 61.4 Å². The normalized spacial score (nSPS) is 21.3. The molecule has 1 aliphatic heterocycles. The van der Waals surface area contributed by atoms with Gasteiger partial charge in [0.25, 0.3) is 0 Å². The molecule has 116 valence electrons. The molecule has 0 bridgehead atoms. The summed E-state index contributed by atoms with van der Waals surface area (Å²) in [4.78, 5) is 21.2. The number of hydrogen-bond acceptors (Lipinski definition) is 6. The first-order chi connectivity index (χ1) is 10.2. The fourth-order valence-electron chi connectivity index (χ4n) is 2.53. The van der Waals surface area contributed by atoms with E-state index in [1.807, 2.05) is 6.92 Å². The first-order valence-corrected chi connectivity index (χ1v) is 8.56. The number of rotatable bonds is 5. The molecule has 1 N–H and O–H groups in total. The molecule has 1 saturated carbocycles. The Morgan fingerprint density at radius 3 is 2.67 bits per heavy atom. The van der Waals surface area contributed by atoms with Gasteiger partial charge < -0.3 is 10.2 Å². The number of hydrogen-bond donors (Lipinski definition) is 1. The van der Waals surface area contributed by atoms with E-state index in [-0.39, 0.29) is 11.9 Å². The third-order valence-electron chi connectivity index (χ3n) is 4.21. The van der Waals surface area contributed by atoms with Crippen LogP contribution in [0.4, 0.5) is 5.13 Å². The van der Waals surface area contributed by atoms with Gasteiger partial charge in [0.2, 0.25) is 11.0 Å². The highest BCUT2D eigenvalue weighted by Gasteiger charge is 2.30. The molecule has 0 spiro atoms. The number of aryl methyl sites for hydroxylation is 1. The fourth-order valence-corrected chi connectivity index (χ4v) is 3.33. The number of nitrogens with zero attached hydrogens (tertiary/aromatic N) is 4. The van der Waals surface area contributed by atoms with Crippen molar-refractivity contribution in [3.63, 3.8) is 0 Å². The first kappa shape index (κ1) is 14.7. The van der Waals surface area contributed by atoms with Crippen molar-refractivity contribution in [1.29, 1.82) is 0 Å². The van der Waals surface area contributed by atoms with E-state index in [4.69, 9.17) is 0 Å². The summed E-state index contributed by atoms with van der Waals surface area (Å²) in [6, 6.07) is 0.406. The van der Waals surface area contributed by atoms with Gasteiger partial charge >= 0.3 is 0 Å². The first-order valence-electron chi connectivity index (χ1n) is 7.79. The van der Waals surface area contributed by atoms with Gasteiger partial charge in [-0.3, -0.25) is 9.69 Å². The minimum Gasteiger partial charge on any atom is -0.352 e. The van der Waals surface area contributed by atoms with Crippen molar-refractivity contribution in [2.24, 2.45) is 0 Å². The maximum Gasteiger partial charge on any atom is 0.237 e. The van der Waals surface area contributed by atoms with Gasteiger partial charge in [-0.1, -0.05) is 6.92 Å². The molecule has 1 amide bonds. The number of nitrogens with one attached hydrogen (secondary N) is 1. The Morgan fingerprint density at radius 1 is 1.38 bits per heavy atom. The summed E-state index contributed by atoms with van der Waals surface area (Å²) >= 11 is 1.48. The Kier molecular flexibility index (Phi) is 4.40. The third-order valence-corrected chi connectivity index (χ3v) is 5.02. The molecule has 7 heteroatoms. The average molecular weight is 309 g/mol. The SMILES string of the molecule is CCc1nsc(N2CCN(C(C)C(=O)NC3CC3)CC2)n1. The minimum absolute atomic E-state index is 0.0339. The van der Waals surface area contributed by atoms with Crippen molar-refractivity contribution in [2.45, 2.75) is 45.2 Å². The maximum atomic E-state index is 12.1. The number of aromatic nitrogens is 2. The molecule has 0 aromatic carbocycles. The Balaban J connectivity index is 1.50. The second-order valence-electron chi connectivity index (χ2n) is 5.83. The van der Waals surface area contributed by atoms with E-state index >= 15 is 0 Å². The predicted octanol–water partition coefficient (Wildman–Crippen LogP) is 0.890. The lowest BCUT2D eigenvalue weighted by atomic mass is 10.2. The highest BCUT2D eigenvalue weighted by Crippen LogP contribution is 2.21. The predicted molar refractivity (Wildman–Crippen MR) is 83.7 cm³/mol. The highest BCUT2D eigenvalue weighted by atomic mass is 32.1. The van der Waals surface area contributed by atoms with Crippen LogP contribution in [0.25, 0.3) is 0 Å². The van der Waals surface area contributed by atoms with Crippen molar-refractivity contribution in [3.8, 4) is 0 Å². The van der Waals surface area contributed by atoms with Crippen LogP contribution in [0.1, 0.15) is 32.5 Å². The standard InChI is InChI=1S/C14H23N5OS/c1-3-12-16-14(21-17-12)19-8-6-18(7-9-19)10(2)13(20)15-11-4-5-11/h10-11H,3-9H2,1-2H3,(H,15,20). The van der Waals surface area contributed by atoms with E-state index in [9.17, 15) is 4.79 Å². The van der Waals surface area contributed by atoms with Gasteiger partial charge in [0.05, 0.1) is 6.04 Å². The number of carbonyl (C=O) groups excluding carboxylic acids is 1. The highest BCUT2D eigenvalue weighted by molar-refractivity contribution is 7.09. The van der Waals surface area contributed by atoms with E-state index in [0.717, 1.165) is 56.4 Å². The van der Waals surface area contributed by atoms with Crippen LogP contribution >= 0.6 is 11.5 Å². The van der Waals surface area contributed by atoms with E-state index in [1.54, 1.807) is 0 Å². The lowest BCUT2D eigenvalue weighted by Gasteiger charge is -2.37. The van der Waals surface area contributed by atoms with Gasteiger partial charge in [-0.2, -0.15) is 4.37 Å². The quantitative estimate of drug-likeness (QED) is 0.875. The number of piperazine rings is 1. The molecule has 6 nitrogen and oxygen atoms in total. The largest absolute Gasteiger partial charge is 0.352 e. The summed E-state index contributed by atoms with van der Waals surface area (Å²) in [6.07, 6.45) is 3.17. The number of carbonyl (C=O) groups is 1. The van der Waals surface area contributed by atoms with E-state index < -0.39 is 0 Å². The minimum atomic E-state index is -0.0339. The number of amides is 1. The van der Waals surface area contributed by atoms with Crippen LogP contribution in [-0.2, 0) is 11.2 Å². The molecule has 1 aliphatic carbocycles. The molecule has 0 radical (unpaired) electrons. The molecule has 2 heterocycles. The summed E-state index contributed by atoms with van der Waals surface area (Å²) in [6.45, 7) is 7.72. The monoisotopic (exact) mass is 309 g/mol. The maximum absolute atomic E-state index is 12.1. The number of anilines is 1. The molecule has 1 aromatic rings. The molecule has 21 heavy (non-hydrogen) atoms. The summed E-state index contributed by atoms with van der Waals surface area (Å²) in [5, 5.41) is 4.11. The van der Waals surface area contributed by atoms with Gasteiger partial charge in [0.1, 0.15) is 5.82 Å². The van der Waals surface area contributed by atoms with Gasteiger partial charge in [-0.05, 0) is 19.8 Å². The second kappa shape index (κ2) is 6.27. The molecule has 1 aromatic heterocycles. The van der Waals surface area contributed by atoms with Gasteiger partial charge in [0.15, 0.2) is 0 Å². The molecule has 2 aliphatic rings. The fraction of sp³-hybridized carbons (Fsp3) is 0.786. The zero-order valence-corrected chi connectivity index (χ0v) is 13.5. The molecule has 1 saturated heterocycles. The van der Waals surface area contributed by atoms with Crippen molar-refractivity contribution in [3.05, 3.63) is 5.82 Å². The third kappa shape index (κ3) is 3.52. The lowest BCUT2D eigenvalue weighted by Crippen LogP contribution is -2.54. The van der Waals surface area contributed by atoms with E-state index in [1.165, 1.54) is 11.5 Å². The molecular weight excluding hydrogens is 286 g/mol.